The fourth-order valence-electron chi connectivity index (χ4n) is 6.59. The van der Waals surface area contributed by atoms with Crippen LogP contribution in [-0.4, -0.2) is 86.7 Å². The van der Waals surface area contributed by atoms with Crippen molar-refractivity contribution in [2.24, 2.45) is 34.8 Å². The van der Waals surface area contributed by atoms with E-state index >= 15 is 0 Å². The number of hydrogen-bond donors (Lipinski definition) is 1. The molecule has 1 aliphatic heterocycles. The van der Waals surface area contributed by atoms with Crippen molar-refractivity contribution < 1.29 is 47.6 Å². The summed E-state index contributed by atoms with van der Waals surface area (Å²) in [5.74, 6) is 0.104. The van der Waals surface area contributed by atoms with Gasteiger partial charge < -0.3 is 34.2 Å². The van der Waals surface area contributed by atoms with Gasteiger partial charge in [0.15, 0.2) is 11.5 Å². The van der Waals surface area contributed by atoms with Gasteiger partial charge in [0, 0.05) is 44.1 Å². The third-order valence-corrected chi connectivity index (χ3v) is 10.4. The third-order valence-electron chi connectivity index (χ3n) is 10.4. The highest BCUT2D eigenvalue weighted by atomic mass is 16.7. The topological polar surface area (TPSA) is 166 Å². The van der Waals surface area contributed by atoms with E-state index in [0.29, 0.717) is 56.1 Å². The van der Waals surface area contributed by atoms with Crippen molar-refractivity contribution >= 4 is 23.8 Å². The molecule has 4 atom stereocenters. The number of ketones is 1. The fourth-order valence-corrected chi connectivity index (χ4v) is 6.59. The van der Waals surface area contributed by atoms with Crippen molar-refractivity contribution in [2.45, 2.75) is 99.1 Å². The maximum absolute atomic E-state index is 13.7. The van der Waals surface area contributed by atoms with Crippen LogP contribution in [0.4, 0.5) is 4.79 Å². The van der Waals surface area contributed by atoms with Crippen LogP contribution in [0.3, 0.4) is 0 Å². The second-order valence-electron chi connectivity index (χ2n) is 15.4. The summed E-state index contributed by atoms with van der Waals surface area (Å²) in [6.07, 6.45) is 3.29. The number of hydrogen-bond acceptors (Lipinski definition) is 11. The van der Waals surface area contributed by atoms with Gasteiger partial charge in [0.2, 0.25) is 12.7 Å². The van der Waals surface area contributed by atoms with Crippen molar-refractivity contribution in [3.05, 3.63) is 53.3 Å². The second-order valence-corrected chi connectivity index (χ2v) is 15.4. The zero-order valence-corrected chi connectivity index (χ0v) is 33.6. The van der Waals surface area contributed by atoms with Gasteiger partial charge in [0.1, 0.15) is 12.5 Å². The smallest absolute Gasteiger partial charge is 0.414 e. The van der Waals surface area contributed by atoms with Gasteiger partial charge in [-0.1, -0.05) is 47.6 Å². The Morgan fingerprint density at radius 2 is 1.74 bits per heavy atom. The molecular weight excluding hydrogens is 694 g/mol. The number of carbonyl (C=O) groups excluding carboxylic acids is 4. The maximum atomic E-state index is 13.7. The largest absolute Gasteiger partial charge is 0.493 e. The molecule has 2 N–H and O–H groups in total. The maximum Gasteiger partial charge on any atom is 0.414 e. The lowest BCUT2D eigenvalue weighted by atomic mass is 9.78. The molecule has 300 valence electrons. The fraction of sp³-hybridized carbons (Fsp3) is 0.634. The number of nitrogens with two attached hydrogens (primary N) is 1. The first-order valence-corrected chi connectivity index (χ1v) is 18.8. The standard InChI is InChI=1S/C41H61N3O10/c1-26(2)30(20-29-13-14-35(50-9)37(21-29)51-19-11-18-49-8)22-33-36(23-32(27(3)4)34(45)15-16-41(6,7)39(42)47)52-24-44(33)40(48)54-25-53-38(46)31-12-10-17-43-28(31)5/h10,12-14,17,21,26-27,30,32-33,36H,11,15-16,18-20,22-25H2,1-9H3,(H2,42,47)/t30-,32-,33-,36-/m0/s1. The minimum Gasteiger partial charge on any atom is -0.493 e. The van der Waals surface area contributed by atoms with Crippen molar-refractivity contribution in [2.75, 3.05) is 41.0 Å². The summed E-state index contributed by atoms with van der Waals surface area (Å²) in [6, 6.07) is 8.69. The lowest BCUT2D eigenvalue weighted by Crippen LogP contribution is -2.43. The Morgan fingerprint density at radius 3 is 2.37 bits per heavy atom. The predicted octanol–water partition coefficient (Wildman–Crippen LogP) is 6.52. The number of aryl methyl sites for hydroxylation is 1. The summed E-state index contributed by atoms with van der Waals surface area (Å²) >= 11 is 0. The van der Waals surface area contributed by atoms with Crippen LogP contribution in [0.1, 0.15) is 95.3 Å². The number of primary amides is 1. The number of amides is 2. The first-order chi connectivity index (χ1) is 25.6. The monoisotopic (exact) mass is 755 g/mol. The molecule has 3 rings (SSSR count). The summed E-state index contributed by atoms with van der Waals surface area (Å²) in [7, 11) is 3.26. The average molecular weight is 756 g/mol. The van der Waals surface area contributed by atoms with Crippen LogP contribution < -0.4 is 15.2 Å². The Hall–Kier alpha value is -4.23. The summed E-state index contributed by atoms with van der Waals surface area (Å²) in [4.78, 5) is 57.6. The zero-order valence-electron chi connectivity index (χ0n) is 33.6. The van der Waals surface area contributed by atoms with Gasteiger partial charge in [-0.05, 0) is 80.2 Å². The molecule has 13 nitrogen and oxygen atoms in total. The molecule has 2 aromatic rings. The molecule has 2 heterocycles. The molecule has 0 bridgehead atoms. The van der Waals surface area contributed by atoms with Crippen LogP contribution in [0.15, 0.2) is 36.5 Å². The number of aromatic nitrogens is 1. The summed E-state index contributed by atoms with van der Waals surface area (Å²) in [6.45, 7) is 13.9. The van der Waals surface area contributed by atoms with Crippen LogP contribution in [0.5, 0.6) is 11.5 Å². The van der Waals surface area contributed by atoms with E-state index < -0.39 is 42.3 Å². The average Bonchev–Trinajstić information content (AvgIpc) is 3.52. The van der Waals surface area contributed by atoms with Crippen LogP contribution in [-0.2, 0) is 35.0 Å². The quantitative estimate of drug-likeness (QED) is 0.0790. The Labute approximate surface area is 320 Å². The van der Waals surface area contributed by atoms with E-state index in [2.05, 4.69) is 18.8 Å². The molecule has 0 spiro atoms. The van der Waals surface area contributed by atoms with Crippen LogP contribution in [0.2, 0.25) is 0 Å². The number of Topliss-reactive ketones (excluding diaryl/α,β-unsaturated/α-hetero) is 1. The minimum absolute atomic E-state index is 0.0164. The van der Waals surface area contributed by atoms with E-state index in [1.807, 2.05) is 32.0 Å². The van der Waals surface area contributed by atoms with Gasteiger partial charge in [-0.3, -0.25) is 19.5 Å². The van der Waals surface area contributed by atoms with Gasteiger partial charge in [0.05, 0.1) is 37.1 Å². The number of pyridine rings is 1. The molecule has 13 heteroatoms. The molecule has 1 aromatic carbocycles. The third kappa shape index (κ3) is 12.7. The van der Waals surface area contributed by atoms with Crippen molar-refractivity contribution in [3.63, 3.8) is 0 Å². The number of nitrogens with zero attached hydrogens (tertiary/aromatic N) is 2. The summed E-state index contributed by atoms with van der Waals surface area (Å²) in [5.41, 5.74) is 6.60. The molecule has 1 aliphatic rings. The van der Waals surface area contributed by atoms with Gasteiger partial charge in [-0.15, -0.1) is 0 Å². The van der Waals surface area contributed by atoms with Gasteiger partial charge in [0.25, 0.3) is 0 Å². The summed E-state index contributed by atoms with van der Waals surface area (Å²) < 4.78 is 33.8. The highest BCUT2D eigenvalue weighted by molar-refractivity contribution is 5.90. The van der Waals surface area contributed by atoms with E-state index in [1.54, 1.807) is 53.3 Å². The molecule has 0 saturated carbocycles. The van der Waals surface area contributed by atoms with E-state index in [-0.39, 0.29) is 48.2 Å². The zero-order chi connectivity index (χ0) is 40.0. The Balaban J connectivity index is 1.85. The predicted molar refractivity (Wildman–Crippen MR) is 203 cm³/mol. The van der Waals surface area contributed by atoms with Gasteiger partial charge in [-0.25, -0.2) is 9.59 Å². The minimum atomic E-state index is -0.815. The first kappa shape index (κ1) is 44.2. The molecule has 1 aromatic heterocycles. The van der Waals surface area contributed by atoms with Gasteiger partial charge >= 0.3 is 12.1 Å². The molecule has 0 unspecified atom stereocenters. The van der Waals surface area contributed by atoms with Crippen LogP contribution >= 0.6 is 0 Å². The van der Waals surface area contributed by atoms with Crippen molar-refractivity contribution in [1.82, 2.24) is 9.88 Å². The number of methoxy groups -OCH3 is 2. The summed E-state index contributed by atoms with van der Waals surface area (Å²) in [5, 5.41) is 0. The number of benzene rings is 1. The van der Waals surface area contributed by atoms with Crippen molar-refractivity contribution in [3.8, 4) is 11.5 Å². The van der Waals surface area contributed by atoms with E-state index in [4.69, 9.17) is 34.2 Å². The molecule has 54 heavy (non-hydrogen) atoms. The van der Waals surface area contributed by atoms with Crippen molar-refractivity contribution in [1.29, 1.82) is 0 Å². The highest BCUT2D eigenvalue weighted by Crippen LogP contribution is 2.36. The first-order valence-electron chi connectivity index (χ1n) is 18.8. The molecule has 1 fully saturated rings. The number of rotatable bonds is 22. The van der Waals surface area contributed by atoms with Gasteiger partial charge in [-0.2, -0.15) is 0 Å². The molecule has 0 radical (unpaired) electrons. The molecular formula is C41H61N3O10. The molecule has 0 aliphatic carbocycles. The Morgan fingerprint density at radius 1 is 1.00 bits per heavy atom. The SMILES string of the molecule is COCCCOc1cc(C[C@@H](C[C@H]2[C@H](C[C@H](C(=O)CCC(C)(C)C(N)=O)C(C)C)OCN2C(=O)OCOC(=O)c2cccnc2C)C(C)C)ccc1OC. The molecule has 2 amide bonds. The van der Waals surface area contributed by atoms with E-state index in [1.165, 1.54) is 4.90 Å². The van der Waals surface area contributed by atoms with Crippen LogP contribution in [0.25, 0.3) is 0 Å². The van der Waals surface area contributed by atoms with Crippen LogP contribution in [0, 0.1) is 36.0 Å². The number of carbonyl (C=O) groups is 4. The molecule has 1 saturated heterocycles. The lowest BCUT2D eigenvalue weighted by Gasteiger charge is -2.33. The number of ether oxygens (including phenoxy) is 6. The Bertz CT molecular complexity index is 1540. The lowest BCUT2D eigenvalue weighted by molar-refractivity contribution is -0.129. The normalized spacial score (nSPS) is 17.0. The highest BCUT2D eigenvalue weighted by Gasteiger charge is 2.43. The number of esters is 1. The van der Waals surface area contributed by atoms with E-state index in [0.717, 1.165) is 12.0 Å². The second kappa shape index (κ2) is 21.0. The Kier molecular flexibility index (Phi) is 17.2. The van der Waals surface area contributed by atoms with E-state index in [9.17, 15) is 19.2 Å².